The molecule has 1 amide bonds. The smallest absolute Gasteiger partial charge is 0.251 e. The molecule has 0 aliphatic carbocycles. The number of benzene rings is 1. The fourth-order valence-electron chi connectivity index (χ4n) is 2.31. The second-order valence-corrected chi connectivity index (χ2v) is 5.80. The summed E-state index contributed by atoms with van der Waals surface area (Å²) in [5.74, 6) is 1.46. The van der Waals surface area contributed by atoms with E-state index < -0.39 is 0 Å². The Morgan fingerprint density at radius 2 is 2.04 bits per heavy atom. The van der Waals surface area contributed by atoms with Crippen LogP contribution in [0.15, 0.2) is 35.6 Å². The number of carbonyl (C=O) groups excluding carboxylic acids is 1. The van der Waals surface area contributed by atoms with Crippen molar-refractivity contribution in [2.24, 2.45) is 12.0 Å². The van der Waals surface area contributed by atoms with Crippen LogP contribution in [-0.4, -0.2) is 39.7 Å². The van der Waals surface area contributed by atoms with Crippen LogP contribution in [0.1, 0.15) is 42.0 Å². The highest BCUT2D eigenvalue weighted by Crippen LogP contribution is 2.07. The van der Waals surface area contributed by atoms with Gasteiger partial charge in [0, 0.05) is 25.7 Å². The lowest BCUT2D eigenvalue weighted by Crippen LogP contribution is -2.37. The number of guanidine groups is 1. The minimum absolute atomic E-state index is 0. The molecule has 1 heterocycles. The zero-order valence-electron chi connectivity index (χ0n) is 16.0. The maximum Gasteiger partial charge on any atom is 0.251 e. The van der Waals surface area contributed by atoms with Crippen molar-refractivity contribution in [3.63, 3.8) is 0 Å². The van der Waals surface area contributed by atoms with Gasteiger partial charge in [-0.05, 0) is 31.0 Å². The lowest BCUT2D eigenvalue weighted by molar-refractivity contribution is 0.0953. The number of nitrogens with zero attached hydrogens (tertiary/aromatic N) is 4. The summed E-state index contributed by atoms with van der Waals surface area (Å²) < 4.78 is 1.72. The fourth-order valence-corrected chi connectivity index (χ4v) is 2.31. The lowest BCUT2D eigenvalue weighted by Gasteiger charge is -2.11. The van der Waals surface area contributed by atoms with E-state index >= 15 is 0 Å². The third-order valence-corrected chi connectivity index (χ3v) is 3.71. The number of rotatable bonds is 8. The molecule has 0 aliphatic heterocycles. The monoisotopic (exact) mass is 485 g/mol. The van der Waals surface area contributed by atoms with Crippen LogP contribution in [0.4, 0.5) is 0 Å². The van der Waals surface area contributed by atoms with Crippen LogP contribution < -0.4 is 16.0 Å². The number of hydrogen-bond acceptors (Lipinski definition) is 4. The van der Waals surface area contributed by atoms with E-state index in [1.165, 1.54) is 6.33 Å². The van der Waals surface area contributed by atoms with Crippen LogP contribution in [0.2, 0.25) is 0 Å². The molecular formula is C18H28IN7O. The predicted molar refractivity (Wildman–Crippen MR) is 117 cm³/mol. The molecule has 0 spiro atoms. The summed E-state index contributed by atoms with van der Waals surface area (Å²) in [6.07, 6.45) is 2.44. The van der Waals surface area contributed by atoms with E-state index in [1.807, 2.05) is 45.2 Å². The molecule has 8 nitrogen and oxygen atoms in total. The van der Waals surface area contributed by atoms with Crippen molar-refractivity contribution in [1.82, 2.24) is 30.7 Å². The quantitative estimate of drug-likeness (QED) is 0.301. The Bertz CT molecular complexity index is 745. The van der Waals surface area contributed by atoms with Gasteiger partial charge in [-0.1, -0.05) is 19.1 Å². The number of nitrogens with one attached hydrogen (secondary N) is 3. The molecule has 9 heteroatoms. The second-order valence-electron chi connectivity index (χ2n) is 5.80. The molecule has 148 valence electrons. The molecule has 0 fully saturated rings. The van der Waals surface area contributed by atoms with Crippen molar-refractivity contribution in [3.8, 4) is 0 Å². The number of aryl methyl sites for hydroxylation is 1. The Morgan fingerprint density at radius 3 is 2.70 bits per heavy atom. The third-order valence-electron chi connectivity index (χ3n) is 3.71. The molecular weight excluding hydrogens is 457 g/mol. The molecule has 27 heavy (non-hydrogen) atoms. The Labute approximate surface area is 177 Å². The van der Waals surface area contributed by atoms with Crippen LogP contribution in [0, 0.1) is 0 Å². The molecule has 0 radical (unpaired) electrons. The molecule has 0 unspecified atom stereocenters. The zero-order chi connectivity index (χ0) is 18.8. The number of amides is 1. The van der Waals surface area contributed by atoms with Crippen molar-refractivity contribution in [2.45, 2.75) is 33.4 Å². The van der Waals surface area contributed by atoms with Crippen LogP contribution in [0.25, 0.3) is 0 Å². The molecule has 3 N–H and O–H groups in total. The highest BCUT2D eigenvalue weighted by Gasteiger charge is 2.06. The van der Waals surface area contributed by atoms with E-state index in [1.54, 1.807) is 4.68 Å². The van der Waals surface area contributed by atoms with Crippen LogP contribution in [-0.2, 0) is 20.1 Å². The minimum atomic E-state index is -0.0509. The molecule has 0 atom stereocenters. The maximum absolute atomic E-state index is 12.1. The van der Waals surface area contributed by atoms with Gasteiger partial charge in [0.15, 0.2) is 5.96 Å². The van der Waals surface area contributed by atoms with Gasteiger partial charge in [-0.15, -0.1) is 24.0 Å². The summed E-state index contributed by atoms with van der Waals surface area (Å²) in [6.45, 7) is 6.48. The summed E-state index contributed by atoms with van der Waals surface area (Å²) in [6, 6.07) is 7.54. The number of carbonyl (C=O) groups is 1. The van der Waals surface area contributed by atoms with E-state index in [0.29, 0.717) is 31.2 Å². The highest BCUT2D eigenvalue weighted by atomic mass is 127. The Hall–Kier alpha value is -2.17. The average molecular weight is 485 g/mol. The molecule has 2 rings (SSSR count). The molecule has 0 bridgehead atoms. The van der Waals surface area contributed by atoms with Gasteiger partial charge in [0.1, 0.15) is 12.2 Å². The van der Waals surface area contributed by atoms with Gasteiger partial charge < -0.3 is 16.0 Å². The van der Waals surface area contributed by atoms with Gasteiger partial charge in [-0.2, -0.15) is 5.10 Å². The van der Waals surface area contributed by atoms with Crippen LogP contribution >= 0.6 is 24.0 Å². The highest BCUT2D eigenvalue weighted by molar-refractivity contribution is 14.0. The van der Waals surface area contributed by atoms with E-state index in [9.17, 15) is 4.79 Å². The molecule has 1 aromatic carbocycles. The largest absolute Gasteiger partial charge is 0.357 e. The topological polar surface area (TPSA) is 96.2 Å². The normalized spacial score (nSPS) is 10.9. The Morgan fingerprint density at radius 1 is 1.22 bits per heavy atom. The van der Waals surface area contributed by atoms with Gasteiger partial charge in [0.2, 0.25) is 0 Å². The van der Waals surface area contributed by atoms with Gasteiger partial charge in [0.25, 0.3) is 5.91 Å². The van der Waals surface area contributed by atoms with E-state index in [-0.39, 0.29) is 29.9 Å². The van der Waals surface area contributed by atoms with E-state index in [4.69, 9.17) is 0 Å². The number of aromatic nitrogens is 3. The molecule has 0 aliphatic rings. The first-order valence-electron chi connectivity index (χ1n) is 8.86. The predicted octanol–water partition coefficient (Wildman–Crippen LogP) is 1.83. The maximum atomic E-state index is 12.1. The van der Waals surface area contributed by atoms with Crippen molar-refractivity contribution in [1.29, 1.82) is 0 Å². The summed E-state index contributed by atoms with van der Waals surface area (Å²) in [5.41, 5.74) is 1.63. The van der Waals surface area contributed by atoms with Gasteiger partial charge in [-0.3, -0.25) is 9.48 Å². The van der Waals surface area contributed by atoms with E-state index in [0.717, 1.165) is 24.4 Å². The summed E-state index contributed by atoms with van der Waals surface area (Å²) >= 11 is 0. The number of aliphatic imine (C=N–C) groups is 1. The van der Waals surface area contributed by atoms with Crippen molar-refractivity contribution in [2.75, 3.05) is 13.1 Å². The first-order chi connectivity index (χ1) is 12.6. The third kappa shape index (κ3) is 7.53. The van der Waals surface area contributed by atoms with Gasteiger partial charge >= 0.3 is 0 Å². The van der Waals surface area contributed by atoms with Crippen LogP contribution in [0.5, 0.6) is 0 Å². The lowest BCUT2D eigenvalue weighted by atomic mass is 10.1. The Kier molecular flexibility index (Phi) is 10.4. The number of halogens is 1. The molecule has 0 saturated heterocycles. The molecule has 2 aromatic rings. The van der Waals surface area contributed by atoms with Gasteiger partial charge in [0.05, 0.1) is 13.1 Å². The first-order valence-corrected chi connectivity index (χ1v) is 8.86. The molecule has 0 saturated carbocycles. The first kappa shape index (κ1) is 22.9. The SMILES string of the molecule is CCCNC(=O)c1cccc(CN=C(NCC)NCc2ncnn2C)c1.I. The second kappa shape index (κ2) is 12.3. The zero-order valence-corrected chi connectivity index (χ0v) is 18.4. The van der Waals surface area contributed by atoms with Crippen molar-refractivity contribution < 1.29 is 4.79 Å². The molecule has 1 aromatic heterocycles. The summed E-state index contributed by atoms with van der Waals surface area (Å²) in [5, 5.41) is 13.4. The minimum Gasteiger partial charge on any atom is -0.357 e. The fraction of sp³-hybridized carbons (Fsp3) is 0.444. The summed E-state index contributed by atoms with van der Waals surface area (Å²) in [7, 11) is 1.85. The van der Waals surface area contributed by atoms with Crippen molar-refractivity contribution in [3.05, 3.63) is 47.5 Å². The van der Waals surface area contributed by atoms with E-state index in [2.05, 4.69) is 31.0 Å². The summed E-state index contributed by atoms with van der Waals surface area (Å²) in [4.78, 5) is 20.8. The van der Waals surface area contributed by atoms with Crippen LogP contribution in [0.3, 0.4) is 0 Å². The Balaban J connectivity index is 0.00000364. The average Bonchev–Trinajstić information content (AvgIpc) is 3.07. The standard InChI is InChI=1S/C18H27N7O.HI/c1-4-9-20-17(26)15-8-6-7-14(10-15)11-21-18(19-5-2)22-12-16-23-13-24-25(16)3;/h6-8,10,13H,4-5,9,11-12H2,1-3H3,(H,20,26)(H2,19,21,22);1H. The van der Waals surface area contributed by atoms with Gasteiger partial charge in [-0.25, -0.2) is 9.98 Å². The van der Waals surface area contributed by atoms with Crippen molar-refractivity contribution >= 4 is 35.8 Å². The number of hydrogen-bond donors (Lipinski definition) is 3.